The van der Waals surface area contributed by atoms with Crippen molar-refractivity contribution in [3.05, 3.63) is 51.6 Å². The van der Waals surface area contributed by atoms with E-state index >= 15 is 0 Å². The van der Waals surface area contributed by atoms with Crippen LogP contribution in [0.3, 0.4) is 0 Å². The van der Waals surface area contributed by atoms with Gasteiger partial charge in [0.25, 0.3) is 0 Å². The van der Waals surface area contributed by atoms with E-state index in [0.717, 1.165) is 36.4 Å². The molecule has 0 aliphatic carbocycles. The molecule has 1 aromatic carbocycles. The van der Waals surface area contributed by atoms with Gasteiger partial charge < -0.3 is 15.5 Å². The molecule has 0 atom stereocenters. The summed E-state index contributed by atoms with van der Waals surface area (Å²) in [5.74, 6) is 0.619. The number of hydrogen-bond acceptors (Lipinski definition) is 3. The summed E-state index contributed by atoms with van der Waals surface area (Å²) in [5.41, 5.74) is 0.701. The lowest BCUT2D eigenvalue weighted by atomic mass is 10.1. The Kier molecular flexibility index (Phi) is 6.91. The topological polar surface area (TPSA) is 39.7 Å². The summed E-state index contributed by atoms with van der Waals surface area (Å²) in [6, 6.07) is 9.74. The van der Waals surface area contributed by atoms with Crippen molar-refractivity contribution in [2.45, 2.75) is 25.3 Å². The van der Waals surface area contributed by atoms with E-state index in [-0.39, 0.29) is 5.82 Å². The number of guanidine groups is 1. The molecule has 0 bridgehead atoms. The van der Waals surface area contributed by atoms with Gasteiger partial charge in [-0.05, 0) is 60.5 Å². The van der Waals surface area contributed by atoms with Gasteiger partial charge >= 0.3 is 0 Å². The molecule has 0 amide bonds. The highest BCUT2D eigenvalue weighted by Gasteiger charge is 2.20. The number of benzene rings is 1. The van der Waals surface area contributed by atoms with Crippen molar-refractivity contribution in [1.82, 2.24) is 10.6 Å². The van der Waals surface area contributed by atoms with Gasteiger partial charge in [-0.1, -0.05) is 15.9 Å². The van der Waals surface area contributed by atoms with Gasteiger partial charge in [-0.3, -0.25) is 4.99 Å². The summed E-state index contributed by atoms with van der Waals surface area (Å²) in [7, 11) is 1.77. The second-order valence-electron chi connectivity index (χ2n) is 6.34. The Labute approximate surface area is 166 Å². The number of rotatable bonds is 5. The molecule has 1 aliphatic heterocycles. The van der Waals surface area contributed by atoms with E-state index in [0.29, 0.717) is 24.6 Å². The van der Waals surface area contributed by atoms with Crippen molar-refractivity contribution < 1.29 is 4.39 Å². The first-order valence-electron chi connectivity index (χ1n) is 8.85. The highest BCUT2D eigenvalue weighted by atomic mass is 79.9. The van der Waals surface area contributed by atoms with E-state index in [1.807, 2.05) is 6.07 Å². The van der Waals surface area contributed by atoms with Gasteiger partial charge in [-0.25, -0.2) is 4.39 Å². The molecule has 0 unspecified atom stereocenters. The van der Waals surface area contributed by atoms with E-state index in [2.05, 4.69) is 54.0 Å². The molecule has 2 N–H and O–H groups in total. The summed E-state index contributed by atoms with van der Waals surface area (Å²) >= 11 is 5.18. The van der Waals surface area contributed by atoms with E-state index in [9.17, 15) is 4.39 Å². The number of hydrogen-bond donors (Lipinski definition) is 2. The molecule has 3 rings (SSSR count). The van der Waals surface area contributed by atoms with Crippen molar-refractivity contribution in [1.29, 1.82) is 0 Å². The van der Waals surface area contributed by atoms with Gasteiger partial charge in [0.2, 0.25) is 0 Å². The van der Waals surface area contributed by atoms with E-state index in [1.54, 1.807) is 24.5 Å². The van der Waals surface area contributed by atoms with E-state index in [4.69, 9.17) is 0 Å². The predicted molar refractivity (Wildman–Crippen MR) is 112 cm³/mol. The third-order valence-corrected chi connectivity index (χ3v) is 5.99. The second kappa shape index (κ2) is 9.37. The van der Waals surface area contributed by atoms with Crippen LogP contribution in [0.1, 0.15) is 18.4 Å². The van der Waals surface area contributed by atoms with Gasteiger partial charge in [-0.15, -0.1) is 11.3 Å². The Morgan fingerprint density at radius 3 is 2.85 bits per heavy atom. The fourth-order valence-corrected chi connectivity index (χ4v) is 4.33. The molecule has 0 radical (unpaired) electrons. The largest absolute Gasteiger partial charge is 0.363 e. The Morgan fingerprint density at radius 1 is 1.35 bits per heavy atom. The molecule has 7 heteroatoms. The zero-order valence-corrected chi connectivity index (χ0v) is 17.2. The minimum absolute atomic E-state index is 0.168. The van der Waals surface area contributed by atoms with Gasteiger partial charge in [0.05, 0.1) is 5.00 Å². The third kappa shape index (κ3) is 5.20. The minimum atomic E-state index is -0.168. The zero-order chi connectivity index (χ0) is 18.4. The van der Waals surface area contributed by atoms with E-state index < -0.39 is 0 Å². The maximum atomic E-state index is 13.8. The maximum absolute atomic E-state index is 13.8. The Hall–Kier alpha value is -1.60. The first-order chi connectivity index (χ1) is 12.7. The minimum Gasteiger partial charge on any atom is -0.363 e. The third-order valence-electron chi connectivity index (χ3n) is 4.57. The molecule has 26 heavy (non-hydrogen) atoms. The molecule has 0 saturated carbocycles. The number of thiophene rings is 1. The smallest absolute Gasteiger partial charge is 0.191 e. The molecule has 140 valence electrons. The number of piperidine rings is 1. The first-order valence-corrected chi connectivity index (χ1v) is 10.5. The summed E-state index contributed by atoms with van der Waals surface area (Å²) in [6.45, 7) is 2.75. The van der Waals surface area contributed by atoms with Gasteiger partial charge in [0, 0.05) is 37.2 Å². The summed E-state index contributed by atoms with van der Waals surface area (Å²) < 4.78 is 14.7. The van der Waals surface area contributed by atoms with Gasteiger partial charge in [0.15, 0.2) is 5.96 Å². The van der Waals surface area contributed by atoms with Crippen molar-refractivity contribution >= 4 is 38.2 Å². The molecule has 1 aromatic heterocycles. The molecule has 2 aromatic rings. The summed E-state index contributed by atoms with van der Waals surface area (Å²) in [6.07, 6.45) is 2.78. The van der Waals surface area contributed by atoms with Gasteiger partial charge in [-0.2, -0.15) is 0 Å². The average molecular weight is 439 g/mol. The molecule has 4 nitrogen and oxygen atoms in total. The van der Waals surface area contributed by atoms with Crippen LogP contribution in [0.25, 0.3) is 0 Å². The van der Waals surface area contributed by atoms with E-state index in [1.165, 1.54) is 11.1 Å². The molecule has 2 heterocycles. The number of aliphatic imine (C=N–C) groups is 1. The summed E-state index contributed by atoms with van der Waals surface area (Å²) in [5, 5.41) is 10.3. The van der Waals surface area contributed by atoms with Crippen LogP contribution >= 0.6 is 27.3 Å². The molecule has 1 aliphatic rings. The second-order valence-corrected chi connectivity index (χ2v) is 8.18. The lowest BCUT2D eigenvalue weighted by Gasteiger charge is -2.33. The van der Waals surface area contributed by atoms with Crippen molar-refractivity contribution in [3.63, 3.8) is 0 Å². The normalized spacial score (nSPS) is 16.0. The Morgan fingerprint density at radius 2 is 2.15 bits per heavy atom. The molecule has 1 fully saturated rings. The maximum Gasteiger partial charge on any atom is 0.191 e. The van der Waals surface area contributed by atoms with Crippen LogP contribution in [0.5, 0.6) is 0 Å². The number of nitrogens with zero attached hydrogens (tertiary/aromatic N) is 2. The fraction of sp³-hybridized carbons (Fsp3) is 0.421. The monoisotopic (exact) mass is 438 g/mol. The standard InChI is InChI=1S/C19H24BrFN4S/c1-22-19(23-9-6-14-13-15(20)4-5-17(14)21)24-16-7-10-25(11-8-16)18-3-2-12-26-18/h2-5,12-13,16H,6-11H2,1H3,(H2,22,23,24). The number of halogens is 2. The van der Waals surface area contributed by atoms with Crippen LogP contribution in [0, 0.1) is 5.82 Å². The Balaban J connectivity index is 1.43. The molecular formula is C19H24BrFN4S. The van der Waals surface area contributed by atoms with Gasteiger partial charge in [0.1, 0.15) is 5.82 Å². The predicted octanol–water partition coefficient (Wildman–Crippen LogP) is 4.03. The fourth-order valence-electron chi connectivity index (χ4n) is 3.13. The molecule has 1 saturated heterocycles. The lowest BCUT2D eigenvalue weighted by Crippen LogP contribution is -2.49. The lowest BCUT2D eigenvalue weighted by molar-refractivity contribution is 0.463. The number of anilines is 1. The Bertz CT molecular complexity index is 727. The quantitative estimate of drug-likeness (QED) is 0.546. The number of nitrogens with one attached hydrogen (secondary N) is 2. The van der Waals surface area contributed by atoms with Crippen molar-refractivity contribution in [3.8, 4) is 0 Å². The SMILES string of the molecule is CN=C(NCCc1cc(Br)ccc1F)NC1CCN(c2cccs2)CC1. The summed E-state index contributed by atoms with van der Waals surface area (Å²) in [4.78, 5) is 6.74. The van der Waals surface area contributed by atoms with Crippen LogP contribution in [0.15, 0.2) is 45.2 Å². The van der Waals surface area contributed by atoms with Crippen molar-refractivity contribution in [2.75, 3.05) is 31.6 Å². The zero-order valence-electron chi connectivity index (χ0n) is 14.8. The highest BCUT2D eigenvalue weighted by molar-refractivity contribution is 9.10. The van der Waals surface area contributed by atoms with Crippen LogP contribution in [-0.4, -0.2) is 38.7 Å². The van der Waals surface area contributed by atoms with Crippen LogP contribution in [-0.2, 0) is 6.42 Å². The average Bonchev–Trinajstić information content (AvgIpc) is 3.19. The van der Waals surface area contributed by atoms with Crippen LogP contribution in [0.2, 0.25) is 0 Å². The van der Waals surface area contributed by atoms with Crippen LogP contribution < -0.4 is 15.5 Å². The van der Waals surface area contributed by atoms with Crippen LogP contribution in [0.4, 0.5) is 9.39 Å². The molecular weight excluding hydrogens is 415 g/mol. The highest BCUT2D eigenvalue weighted by Crippen LogP contribution is 2.24. The molecule has 0 spiro atoms. The first kappa shape index (κ1) is 19.2. The van der Waals surface area contributed by atoms with Crippen molar-refractivity contribution in [2.24, 2.45) is 4.99 Å².